The number of imide groups is 2. The van der Waals surface area contributed by atoms with Crippen LogP contribution in [0.15, 0.2) is 78.8 Å². The first-order chi connectivity index (χ1) is 18.7. The lowest BCUT2D eigenvalue weighted by Gasteiger charge is -2.26. The van der Waals surface area contributed by atoms with Gasteiger partial charge in [0.2, 0.25) is 5.88 Å². The largest absolute Gasteiger partial charge is 0.439 e. The second-order valence-electron chi connectivity index (χ2n) is 8.53. The molecule has 1 N–H and O–H groups in total. The minimum Gasteiger partial charge on any atom is -0.439 e. The van der Waals surface area contributed by atoms with Gasteiger partial charge in [-0.15, -0.1) is 0 Å². The smallest absolute Gasteiger partial charge is 0.335 e. The Hall–Kier alpha value is -5.65. The number of carbonyl (C=O) groups is 3. The summed E-state index contributed by atoms with van der Waals surface area (Å²) in [4.78, 5) is 57.1. The summed E-state index contributed by atoms with van der Waals surface area (Å²) in [5, 5.41) is 13.0. The van der Waals surface area contributed by atoms with E-state index in [-0.39, 0.29) is 17.1 Å². The third kappa shape index (κ3) is 4.85. The Morgan fingerprint density at radius 1 is 0.974 bits per heavy atom. The zero-order valence-electron chi connectivity index (χ0n) is 20.7. The number of anilines is 1. The van der Waals surface area contributed by atoms with Gasteiger partial charge in [0.25, 0.3) is 17.5 Å². The van der Waals surface area contributed by atoms with Crippen molar-refractivity contribution < 1.29 is 24.0 Å². The van der Waals surface area contributed by atoms with Gasteiger partial charge in [-0.3, -0.25) is 30.0 Å². The van der Waals surface area contributed by atoms with Crippen LogP contribution in [0.2, 0.25) is 0 Å². The molecular weight excluding hydrogens is 504 g/mol. The Balaban J connectivity index is 1.41. The van der Waals surface area contributed by atoms with E-state index in [9.17, 15) is 24.5 Å². The van der Waals surface area contributed by atoms with E-state index in [4.69, 9.17) is 4.74 Å². The van der Waals surface area contributed by atoms with Crippen LogP contribution in [-0.2, 0) is 9.59 Å². The minimum atomic E-state index is -0.829. The van der Waals surface area contributed by atoms with Gasteiger partial charge in [0.15, 0.2) is 0 Å². The van der Waals surface area contributed by atoms with E-state index in [1.165, 1.54) is 42.7 Å². The number of aromatic nitrogens is 3. The van der Waals surface area contributed by atoms with Gasteiger partial charge in [0.1, 0.15) is 17.5 Å². The number of benzene rings is 1. The molecule has 5 rings (SSSR count). The van der Waals surface area contributed by atoms with Crippen molar-refractivity contribution in [3.05, 3.63) is 106 Å². The van der Waals surface area contributed by atoms with Crippen molar-refractivity contribution in [2.45, 2.75) is 13.8 Å². The molecule has 3 aromatic heterocycles. The maximum absolute atomic E-state index is 13.2. The summed E-state index contributed by atoms with van der Waals surface area (Å²) < 4.78 is 7.62. The van der Waals surface area contributed by atoms with Gasteiger partial charge in [0.05, 0.1) is 10.6 Å². The fourth-order valence-corrected chi connectivity index (χ4v) is 4.20. The fraction of sp³-hybridized carbons (Fsp3) is 0.0741. The molecule has 0 atom stereocenters. The van der Waals surface area contributed by atoms with Crippen molar-refractivity contribution in [2.24, 2.45) is 0 Å². The molecule has 4 heterocycles. The Bertz CT molecular complexity index is 1640. The molecule has 1 aliphatic rings. The van der Waals surface area contributed by atoms with Crippen molar-refractivity contribution >= 4 is 35.3 Å². The lowest BCUT2D eigenvalue weighted by molar-refractivity contribution is -0.385. The standard InChI is InChI=1S/C27H20N6O6/c1-16-13-18(14-23-25(34)30-27(36)32(26(23)35)20-9-11-28-12-10-20)17(2)31(16)19-3-6-22(7-4-19)39-24-8-5-21(15-29-24)33(37)38/h3-15H,1-2H3,(H,30,34,36)/b23-14+. The molecule has 1 aromatic carbocycles. The van der Waals surface area contributed by atoms with E-state index in [2.05, 4.69) is 15.3 Å². The van der Waals surface area contributed by atoms with Gasteiger partial charge < -0.3 is 9.30 Å². The summed E-state index contributed by atoms with van der Waals surface area (Å²) in [6.07, 6.45) is 5.48. The molecule has 0 saturated carbocycles. The Morgan fingerprint density at radius 3 is 2.33 bits per heavy atom. The van der Waals surface area contributed by atoms with Crippen molar-refractivity contribution in [1.82, 2.24) is 19.9 Å². The zero-order valence-corrected chi connectivity index (χ0v) is 20.7. The maximum atomic E-state index is 13.2. The SMILES string of the molecule is Cc1cc(/C=C2\C(=O)NC(=O)N(c3ccncc3)C2=O)c(C)n1-c1ccc(Oc2ccc([N+](=O)[O-])cn2)cc1. The van der Waals surface area contributed by atoms with Crippen LogP contribution in [0.5, 0.6) is 11.6 Å². The molecule has 1 aliphatic heterocycles. The van der Waals surface area contributed by atoms with E-state index in [0.717, 1.165) is 28.2 Å². The highest BCUT2D eigenvalue weighted by Gasteiger charge is 2.37. The third-order valence-electron chi connectivity index (χ3n) is 6.04. The average molecular weight is 524 g/mol. The van der Waals surface area contributed by atoms with Crippen LogP contribution in [0.25, 0.3) is 11.8 Å². The van der Waals surface area contributed by atoms with Crippen LogP contribution in [0, 0.1) is 24.0 Å². The van der Waals surface area contributed by atoms with Gasteiger partial charge in [-0.1, -0.05) is 0 Å². The number of carbonyl (C=O) groups excluding carboxylic acids is 3. The molecule has 12 heteroatoms. The summed E-state index contributed by atoms with van der Waals surface area (Å²) in [5.74, 6) is -0.817. The van der Waals surface area contributed by atoms with Gasteiger partial charge in [0, 0.05) is 41.6 Å². The highest BCUT2D eigenvalue weighted by atomic mass is 16.6. The molecule has 12 nitrogen and oxygen atoms in total. The summed E-state index contributed by atoms with van der Waals surface area (Å²) in [6, 6.07) is 13.8. The Labute approximate surface area is 221 Å². The summed E-state index contributed by atoms with van der Waals surface area (Å²) in [5.41, 5.74) is 3.02. The quantitative estimate of drug-likeness (QED) is 0.170. The molecule has 4 amide bonds. The number of nitro groups is 1. The molecule has 0 radical (unpaired) electrons. The Kier molecular flexibility index (Phi) is 6.42. The first-order valence-corrected chi connectivity index (χ1v) is 11.6. The van der Waals surface area contributed by atoms with Crippen LogP contribution in [0.4, 0.5) is 16.2 Å². The van der Waals surface area contributed by atoms with Crippen LogP contribution in [0.3, 0.4) is 0 Å². The van der Waals surface area contributed by atoms with E-state index >= 15 is 0 Å². The van der Waals surface area contributed by atoms with Crippen LogP contribution in [-0.4, -0.2) is 37.3 Å². The van der Waals surface area contributed by atoms with E-state index in [1.807, 2.05) is 36.6 Å². The number of pyridine rings is 2. The van der Waals surface area contributed by atoms with Crippen molar-refractivity contribution in [3.63, 3.8) is 0 Å². The number of nitrogens with zero attached hydrogens (tertiary/aromatic N) is 5. The molecular formula is C27H20N6O6. The zero-order chi connectivity index (χ0) is 27.7. The van der Waals surface area contributed by atoms with Gasteiger partial charge >= 0.3 is 6.03 Å². The van der Waals surface area contributed by atoms with Crippen LogP contribution < -0.4 is 15.0 Å². The third-order valence-corrected chi connectivity index (χ3v) is 6.04. The highest BCUT2D eigenvalue weighted by Crippen LogP contribution is 2.28. The van der Waals surface area contributed by atoms with E-state index < -0.39 is 22.8 Å². The summed E-state index contributed by atoms with van der Waals surface area (Å²) in [7, 11) is 0. The van der Waals surface area contributed by atoms with Gasteiger partial charge in [-0.2, -0.15) is 0 Å². The summed E-state index contributed by atoms with van der Waals surface area (Å²) >= 11 is 0. The maximum Gasteiger partial charge on any atom is 0.335 e. The number of rotatable bonds is 6. The minimum absolute atomic E-state index is 0.133. The van der Waals surface area contributed by atoms with Crippen LogP contribution >= 0.6 is 0 Å². The van der Waals surface area contributed by atoms with E-state index in [0.29, 0.717) is 17.0 Å². The first kappa shape index (κ1) is 25.0. The Morgan fingerprint density at radius 2 is 1.69 bits per heavy atom. The normalized spacial score (nSPS) is 14.5. The predicted octanol–water partition coefficient (Wildman–Crippen LogP) is 4.25. The number of barbiturate groups is 1. The molecule has 0 unspecified atom stereocenters. The molecule has 1 saturated heterocycles. The predicted molar refractivity (Wildman–Crippen MR) is 139 cm³/mol. The highest BCUT2D eigenvalue weighted by molar-refractivity contribution is 6.39. The molecule has 0 aliphatic carbocycles. The van der Waals surface area contributed by atoms with Crippen molar-refractivity contribution in [2.75, 3.05) is 4.90 Å². The second kappa shape index (κ2) is 10.0. The number of nitrogens with one attached hydrogen (secondary N) is 1. The number of urea groups is 1. The van der Waals surface area contributed by atoms with Gasteiger partial charge in [-0.25, -0.2) is 14.7 Å². The van der Waals surface area contributed by atoms with Crippen LogP contribution in [0.1, 0.15) is 17.0 Å². The number of ether oxygens (including phenoxy) is 1. The second-order valence-corrected chi connectivity index (χ2v) is 8.53. The lowest BCUT2D eigenvalue weighted by Crippen LogP contribution is -2.54. The molecule has 39 heavy (non-hydrogen) atoms. The average Bonchev–Trinajstić information content (AvgIpc) is 3.20. The number of hydrogen-bond acceptors (Lipinski definition) is 8. The number of hydrogen-bond donors (Lipinski definition) is 1. The molecule has 4 aromatic rings. The lowest BCUT2D eigenvalue weighted by atomic mass is 10.1. The summed E-state index contributed by atoms with van der Waals surface area (Å²) in [6.45, 7) is 3.73. The molecule has 1 fully saturated rings. The molecule has 194 valence electrons. The monoisotopic (exact) mass is 524 g/mol. The number of amides is 4. The topological polar surface area (TPSA) is 150 Å². The van der Waals surface area contributed by atoms with Crippen molar-refractivity contribution in [1.29, 1.82) is 0 Å². The van der Waals surface area contributed by atoms with E-state index in [1.54, 1.807) is 12.1 Å². The van der Waals surface area contributed by atoms with Crippen molar-refractivity contribution in [3.8, 4) is 17.3 Å². The fourth-order valence-electron chi connectivity index (χ4n) is 4.20. The number of aryl methyl sites for hydroxylation is 1. The first-order valence-electron chi connectivity index (χ1n) is 11.6. The molecule has 0 bridgehead atoms. The molecule has 0 spiro atoms. The van der Waals surface area contributed by atoms with Gasteiger partial charge in [-0.05, 0) is 68.0 Å².